The SMILES string of the molecule is O=C(OCC1CCCC(Cl)O1)c1ccccc1. The Morgan fingerprint density at radius 1 is 1.35 bits per heavy atom. The third-order valence-corrected chi connectivity index (χ3v) is 3.03. The molecule has 0 bridgehead atoms. The van der Waals surface area contributed by atoms with Crippen molar-refractivity contribution in [2.24, 2.45) is 0 Å². The maximum Gasteiger partial charge on any atom is 0.338 e. The molecule has 2 rings (SSSR count). The molecule has 1 heterocycles. The molecule has 0 N–H and O–H groups in total. The highest BCUT2D eigenvalue weighted by Gasteiger charge is 2.22. The van der Waals surface area contributed by atoms with E-state index in [2.05, 4.69) is 0 Å². The number of benzene rings is 1. The summed E-state index contributed by atoms with van der Waals surface area (Å²) in [5.41, 5.74) is 0.315. The molecule has 4 heteroatoms. The van der Waals surface area contributed by atoms with Crippen LogP contribution in [0.25, 0.3) is 0 Å². The lowest BCUT2D eigenvalue weighted by molar-refractivity contribution is -0.0457. The maximum atomic E-state index is 11.7. The van der Waals surface area contributed by atoms with Gasteiger partial charge in [-0.1, -0.05) is 29.8 Å². The molecule has 0 spiro atoms. The maximum absolute atomic E-state index is 11.7. The van der Waals surface area contributed by atoms with Crippen molar-refractivity contribution in [1.82, 2.24) is 0 Å². The predicted octanol–water partition coefficient (Wildman–Crippen LogP) is 2.98. The van der Waals surface area contributed by atoms with Crippen LogP contribution in [0.3, 0.4) is 0 Å². The van der Waals surface area contributed by atoms with Gasteiger partial charge in [-0.3, -0.25) is 0 Å². The second kappa shape index (κ2) is 6.03. The summed E-state index contributed by atoms with van der Waals surface area (Å²) >= 11 is 5.88. The van der Waals surface area contributed by atoms with Crippen molar-refractivity contribution in [1.29, 1.82) is 0 Å². The Balaban J connectivity index is 1.80. The van der Waals surface area contributed by atoms with Gasteiger partial charge in [0.05, 0.1) is 11.7 Å². The smallest absolute Gasteiger partial charge is 0.338 e. The molecule has 2 unspecified atom stereocenters. The molecular weight excluding hydrogens is 240 g/mol. The molecule has 1 aliphatic rings. The lowest BCUT2D eigenvalue weighted by atomic mass is 10.1. The fourth-order valence-corrected chi connectivity index (χ4v) is 2.10. The van der Waals surface area contributed by atoms with Gasteiger partial charge >= 0.3 is 5.97 Å². The molecule has 0 radical (unpaired) electrons. The Kier molecular flexibility index (Phi) is 4.40. The molecular formula is C13H15ClO3. The number of esters is 1. The Labute approximate surface area is 106 Å². The standard InChI is InChI=1S/C13H15ClO3/c14-12-8-4-7-11(17-12)9-16-13(15)10-5-2-1-3-6-10/h1-3,5-6,11-12H,4,7-9H2. The number of rotatable bonds is 3. The molecule has 1 fully saturated rings. The fraction of sp³-hybridized carbons (Fsp3) is 0.462. The Hall–Kier alpha value is -1.06. The minimum atomic E-state index is -0.314. The van der Waals surface area contributed by atoms with Crippen LogP contribution in [0.2, 0.25) is 0 Å². The lowest BCUT2D eigenvalue weighted by Crippen LogP contribution is -2.29. The van der Waals surface area contributed by atoms with Crippen LogP contribution in [0, 0.1) is 0 Å². The van der Waals surface area contributed by atoms with Gasteiger partial charge in [0.1, 0.15) is 12.2 Å². The van der Waals surface area contributed by atoms with Gasteiger partial charge in [-0.2, -0.15) is 0 Å². The molecule has 1 saturated heterocycles. The van der Waals surface area contributed by atoms with Gasteiger partial charge in [0.15, 0.2) is 0 Å². The summed E-state index contributed by atoms with van der Waals surface area (Å²) in [5.74, 6) is -0.314. The second-order valence-corrected chi connectivity index (χ2v) is 4.55. The van der Waals surface area contributed by atoms with Crippen molar-refractivity contribution in [3.8, 4) is 0 Å². The van der Waals surface area contributed by atoms with E-state index in [1.54, 1.807) is 12.1 Å². The van der Waals surface area contributed by atoms with Crippen LogP contribution in [-0.2, 0) is 9.47 Å². The fourth-order valence-electron chi connectivity index (χ4n) is 1.80. The largest absolute Gasteiger partial charge is 0.459 e. The van der Waals surface area contributed by atoms with Crippen LogP contribution in [-0.4, -0.2) is 24.2 Å². The van der Waals surface area contributed by atoms with Crippen molar-refractivity contribution in [3.05, 3.63) is 35.9 Å². The molecule has 17 heavy (non-hydrogen) atoms. The third-order valence-electron chi connectivity index (χ3n) is 2.71. The molecule has 2 atom stereocenters. The number of hydrogen-bond acceptors (Lipinski definition) is 3. The second-order valence-electron chi connectivity index (χ2n) is 4.06. The topological polar surface area (TPSA) is 35.5 Å². The van der Waals surface area contributed by atoms with Crippen LogP contribution in [0.4, 0.5) is 0 Å². The minimum Gasteiger partial charge on any atom is -0.459 e. The van der Waals surface area contributed by atoms with Crippen LogP contribution >= 0.6 is 11.6 Å². The average molecular weight is 255 g/mol. The van der Waals surface area contributed by atoms with E-state index < -0.39 is 0 Å². The predicted molar refractivity (Wildman–Crippen MR) is 65.1 cm³/mol. The number of ether oxygens (including phenoxy) is 2. The molecule has 92 valence electrons. The van der Waals surface area contributed by atoms with Crippen molar-refractivity contribution >= 4 is 17.6 Å². The van der Waals surface area contributed by atoms with Gasteiger partial charge in [-0.15, -0.1) is 0 Å². The number of alkyl halides is 1. The Bertz CT molecular complexity index is 366. The van der Waals surface area contributed by atoms with Gasteiger partial charge in [-0.05, 0) is 31.4 Å². The van der Waals surface area contributed by atoms with E-state index in [0.29, 0.717) is 5.56 Å². The van der Waals surface area contributed by atoms with Crippen LogP contribution in [0.5, 0.6) is 0 Å². The molecule has 1 aromatic carbocycles. The van der Waals surface area contributed by atoms with Gasteiger partial charge in [0.25, 0.3) is 0 Å². The summed E-state index contributed by atoms with van der Waals surface area (Å²) in [4.78, 5) is 11.7. The Morgan fingerprint density at radius 3 is 2.82 bits per heavy atom. The first-order chi connectivity index (χ1) is 8.25. The lowest BCUT2D eigenvalue weighted by Gasteiger charge is -2.25. The summed E-state index contributed by atoms with van der Waals surface area (Å²) < 4.78 is 10.7. The highest BCUT2D eigenvalue weighted by molar-refractivity contribution is 6.19. The third kappa shape index (κ3) is 3.72. The summed E-state index contributed by atoms with van der Waals surface area (Å²) in [5, 5.41) is 0. The van der Waals surface area contributed by atoms with Crippen molar-refractivity contribution in [3.63, 3.8) is 0 Å². The molecule has 0 aliphatic carbocycles. The van der Waals surface area contributed by atoms with E-state index in [9.17, 15) is 4.79 Å². The van der Waals surface area contributed by atoms with E-state index in [0.717, 1.165) is 19.3 Å². The summed E-state index contributed by atoms with van der Waals surface area (Å²) in [6.45, 7) is 0.275. The summed E-state index contributed by atoms with van der Waals surface area (Å²) in [6, 6.07) is 8.94. The average Bonchev–Trinajstić information content (AvgIpc) is 2.37. The van der Waals surface area contributed by atoms with Gasteiger partial charge in [0, 0.05) is 0 Å². The van der Waals surface area contributed by atoms with E-state index in [1.807, 2.05) is 18.2 Å². The number of carbonyl (C=O) groups excluding carboxylic acids is 1. The highest BCUT2D eigenvalue weighted by atomic mass is 35.5. The first-order valence-corrected chi connectivity index (χ1v) is 6.21. The molecule has 0 amide bonds. The molecule has 0 saturated carbocycles. The van der Waals surface area contributed by atoms with E-state index >= 15 is 0 Å². The minimum absolute atomic E-state index is 0.0705. The van der Waals surface area contributed by atoms with Gasteiger partial charge in [0.2, 0.25) is 0 Å². The molecule has 3 nitrogen and oxygen atoms in total. The Morgan fingerprint density at radius 2 is 2.12 bits per heavy atom. The number of hydrogen-bond donors (Lipinski definition) is 0. The van der Waals surface area contributed by atoms with E-state index in [-0.39, 0.29) is 24.2 Å². The van der Waals surface area contributed by atoms with E-state index in [4.69, 9.17) is 21.1 Å². The first-order valence-electron chi connectivity index (χ1n) is 5.77. The zero-order valence-corrected chi connectivity index (χ0v) is 10.2. The van der Waals surface area contributed by atoms with Crippen molar-refractivity contribution in [2.75, 3.05) is 6.61 Å². The quantitative estimate of drug-likeness (QED) is 0.615. The number of halogens is 1. The van der Waals surface area contributed by atoms with Gasteiger partial charge < -0.3 is 9.47 Å². The zero-order chi connectivity index (χ0) is 12.1. The summed E-state index contributed by atoms with van der Waals surface area (Å²) in [7, 11) is 0. The first kappa shape index (κ1) is 12.4. The van der Waals surface area contributed by atoms with Crippen LogP contribution < -0.4 is 0 Å². The van der Waals surface area contributed by atoms with E-state index in [1.165, 1.54) is 0 Å². The molecule has 1 aromatic rings. The molecule has 1 aliphatic heterocycles. The normalized spacial score (nSPS) is 24.3. The molecule has 0 aromatic heterocycles. The summed E-state index contributed by atoms with van der Waals surface area (Å²) in [6.07, 6.45) is 2.71. The van der Waals surface area contributed by atoms with Crippen molar-refractivity contribution in [2.45, 2.75) is 30.9 Å². The van der Waals surface area contributed by atoms with Gasteiger partial charge in [-0.25, -0.2) is 4.79 Å². The number of carbonyl (C=O) groups is 1. The monoisotopic (exact) mass is 254 g/mol. The highest BCUT2D eigenvalue weighted by Crippen LogP contribution is 2.21. The van der Waals surface area contributed by atoms with Crippen LogP contribution in [0.15, 0.2) is 30.3 Å². The van der Waals surface area contributed by atoms with Crippen LogP contribution in [0.1, 0.15) is 29.6 Å². The van der Waals surface area contributed by atoms with Crippen molar-refractivity contribution < 1.29 is 14.3 Å². The zero-order valence-electron chi connectivity index (χ0n) is 9.47.